The summed E-state index contributed by atoms with van der Waals surface area (Å²) in [6.45, 7) is 13.5. The Morgan fingerprint density at radius 3 is 1.30 bits per heavy atom. The second kappa shape index (κ2) is 15.4. The third-order valence-electron chi connectivity index (χ3n) is 10.4. The topological polar surface area (TPSA) is 22.9 Å². The van der Waals surface area contributed by atoms with Gasteiger partial charge in [-0.25, -0.2) is 0 Å². The maximum absolute atomic E-state index is 7.91. The van der Waals surface area contributed by atoms with E-state index in [9.17, 15) is 0 Å². The Kier molecular flexibility index (Phi) is 10.2. The van der Waals surface area contributed by atoms with Crippen LogP contribution in [-0.2, 0) is 10.8 Å². The fraction of sp³-hybridized carbons (Fsp3) is 0.154. The van der Waals surface area contributed by atoms with Crippen LogP contribution in [0.1, 0.15) is 52.7 Å². The van der Waals surface area contributed by atoms with Gasteiger partial charge in [0.2, 0.25) is 0 Å². The Morgan fingerprint density at radius 2 is 0.807 bits per heavy atom. The zero-order valence-electron chi connectivity index (χ0n) is 33.4. The van der Waals surface area contributed by atoms with Gasteiger partial charge in [-0.2, -0.15) is 0 Å². The van der Waals surface area contributed by atoms with Gasteiger partial charge in [-0.3, -0.25) is 0 Å². The predicted octanol–water partition coefficient (Wildman–Crippen LogP) is 16.1. The molecule has 284 valence electrons. The summed E-state index contributed by atoms with van der Waals surface area (Å²) in [7, 11) is 0. The molecular formula is C52H48ClN3O. The monoisotopic (exact) mass is 765 g/mol. The quantitative estimate of drug-likeness (QED) is 0.146. The van der Waals surface area contributed by atoms with Gasteiger partial charge in [-0.15, -0.1) is 0 Å². The van der Waals surface area contributed by atoms with E-state index in [2.05, 4.69) is 226 Å². The molecule has 7 aromatic carbocycles. The number of nitrogens with zero attached hydrogens (tertiary/aromatic N) is 3. The third kappa shape index (κ3) is 7.66. The van der Waals surface area contributed by atoms with E-state index in [-0.39, 0.29) is 10.8 Å². The molecule has 0 saturated heterocycles. The highest BCUT2D eigenvalue weighted by molar-refractivity contribution is 6.37. The van der Waals surface area contributed by atoms with E-state index < -0.39 is 0 Å². The molecule has 0 aliphatic heterocycles. The Labute approximate surface area is 342 Å². The van der Waals surface area contributed by atoms with E-state index in [0.29, 0.717) is 5.02 Å². The van der Waals surface area contributed by atoms with E-state index in [0.717, 1.165) is 67.7 Å². The number of halogens is 1. The highest BCUT2D eigenvalue weighted by Crippen LogP contribution is 2.51. The first-order chi connectivity index (χ1) is 27.5. The number of para-hydroxylation sites is 4. The molecule has 0 unspecified atom stereocenters. The zero-order valence-corrected chi connectivity index (χ0v) is 34.2. The second-order valence-electron chi connectivity index (χ2n) is 16.5. The highest BCUT2D eigenvalue weighted by atomic mass is 35.5. The lowest BCUT2D eigenvalue weighted by Crippen LogP contribution is -2.19. The van der Waals surface area contributed by atoms with Gasteiger partial charge in [0.25, 0.3) is 0 Å². The lowest BCUT2D eigenvalue weighted by molar-refractivity contribution is 0.589. The van der Waals surface area contributed by atoms with Crippen LogP contribution in [0.2, 0.25) is 5.02 Å². The maximum atomic E-state index is 7.91. The van der Waals surface area contributed by atoms with Crippen molar-refractivity contribution >= 4 is 73.8 Å². The van der Waals surface area contributed by atoms with Crippen molar-refractivity contribution in [2.24, 2.45) is 0 Å². The van der Waals surface area contributed by atoms with Gasteiger partial charge < -0.3 is 19.1 Å². The van der Waals surface area contributed by atoms with Crippen molar-refractivity contribution in [3.8, 4) is 0 Å². The van der Waals surface area contributed by atoms with Crippen LogP contribution in [0.3, 0.4) is 0 Å². The normalized spacial score (nSPS) is 11.8. The van der Waals surface area contributed by atoms with Gasteiger partial charge in [-0.1, -0.05) is 138 Å². The summed E-state index contributed by atoms with van der Waals surface area (Å²) < 4.78 is 6.30. The van der Waals surface area contributed by atoms with Crippen LogP contribution >= 0.6 is 11.6 Å². The molecule has 0 bridgehead atoms. The summed E-state index contributed by atoms with van der Waals surface area (Å²) in [4.78, 5) is 6.83. The molecule has 0 fully saturated rings. The summed E-state index contributed by atoms with van der Waals surface area (Å²) >= 11 is 7.91. The van der Waals surface area contributed by atoms with Gasteiger partial charge in [0.05, 0.1) is 22.1 Å². The summed E-state index contributed by atoms with van der Waals surface area (Å²) in [5, 5.41) is 1.64. The summed E-state index contributed by atoms with van der Waals surface area (Å²) in [6, 6.07) is 61.7. The number of hydrogen-bond donors (Lipinski definition) is 0. The van der Waals surface area contributed by atoms with Crippen molar-refractivity contribution in [2.75, 3.05) is 14.7 Å². The lowest BCUT2D eigenvalue weighted by atomic mass is 9.85. The maximum Gasteiger partial charge on any atom is 0.136 e. The van der Waals surface area contributed by atoms with Crippen LogP contribution < -0.4 is 14.7 Å². The van der Waals surface area contributed by atoms with Gasteiger partial charge in [-0.05, 0) is 113 Å². The molecule has 4 nitrogen and oxygen atoms in total. The van der Waals surface area contributed by atoms with Crippen LogP contribution in [-0.4, -0.2) is 0 Å². The molecular weight excluding hydrogens is 718 g/mol. The Morgan fingerprint density at radius 1 is 0.386 bits per heavy atom. The van der Waals surface area contributed by atoms with E-state index in [1.54, 1.807) is 0 Å². The summed E-state index contributed by atoms with van der Waals surface area (Å²) in [5.74, 6) is 0. The SMILES string of the molecule is CC(C)(C)c1cc(N(c2ccccc2)c2cccc(N(c3ccccc3)c3ccccc3)c2)c(Cl)c(N(c2ccccc2)c2coc3ccc(C(C)(C)C)cc23)c1. The largest absolute Gasteiger partial charge is 0.462 e. The third-order valence-corrected chi connectivity index (χ3v) is 10.8. The van der Waals surface area contributed by atoms with Crippen molar-refractivity contribution < 1.29 is 4.42 Å². The van der Waals surface area contributed by atoms with Crippen LogP contribution in [0.5, 0.6) is 0 Å². The first-order valence-corrected chi connectivity index (χ1v) is 19.9. The molecule has 0 radical (unpaired) electrons. The number of benzene rings is 7. The molecule has 0 N–H and O–H groups in total. The molecule has 0 aliphatic rings. The average molecular weight is 766 g/mol. The zero-order chi connectivity index (χ0) is 39.7. The van der Waals surface area contributed by atoms with E-state index in [1.165, 1.54) is 5.56 Å². The molecule has 1 aromatic heterocycles. The molecule has 8 aromatic rings. The predicted molar refractivity (Wildman–Crippen MR) is 243 cm³/mol. The average Bonchev–Trinajstić information content (AvgIpc) is 3.63. The fourth-order valence-corrected chi connectivity index (χ4v) is 7.65. The fourth-order valence-electron chi connectivity index (χ4n) is 7.37. The molecule has 0 atom stereocenters. The lowest BCUT2D eigenvalue weighted by Gasteiger charge is -2.34. The van der Waals surface area contributed by atoms with Crippen LogP contribution in [0.25, 0.3) is 11.0 Å². The minimum atomic E-state index is -0.212. The molecule has 0 spiro atoms. The highest BCUT2D eigenvalue weighted by Gasteiger charge is 2.29. The number of fused-ring (bicyclic) bond motifs is 1. The first kappa shape index (κ1) is 37.7. The molecule has 57 heavy (non-hydrogen) atoms. The van der Waals surface area contributed by atoms with Crippen LogP contribution in [0.4, 0.5) is 51.2 Å². The van der Waals surface area contributed by atoms with Crippen molar-refractivity contribution in [2.45, 2.75) is 52.4 Å². The Balaban J connectivity index is 1.38. The minimum Gasteiger partial charge on any atom is -0.462 e. The molecule has 0 saturated carbocycles. The van der Waals surface area contributed by atoms with E-state index >= 15 is 0 Å². The molecule has 8 rings (SSSR count). The number of rotatable bonds is 9. The summed E-state index contributed by atoms with van der Waals surface area (Å²) in [5.41, 5.74) is 11.7. The first-order valence-electron chi connectivity index (χ1n) is 19.5. The van der Waals surface area contributed by atoms with Crippen molar-refractivity contribution in [1.29, 1.82) is 0 Å². The van der Waals surface area contributed by atoms with Crippen molar-refractivity contribution in [1.82, 2.24) is 0 Å². The van der Waals surface area contributed by atoms with Crippen molar-refractivity contribution in [3.05, 3.63) is 198 Å². The van der Waals surface area contributed by atoms with Crippen LogP contribution in [0.15, 0.2) is 187 Å². The molecule has 0 amide bonds. The number of anilines is 9. The number of furan rings is 1. The standard InChI is InChI=1S/C52H48ClN3O/c1-51(2,3)37-30-31-49-45(32-37)48(36-57-49)56(42-26-17-10-18-27-42)47-34-38(52(4,5)6)33-46(50(47)53)55(41-24-15-9-16-25-41)44-29-19-28-43(35-44)54(39-20-11-7-12-21-39)40-22-13-8-14-23-40/h7-36H,1-6H3. The molecule has 5 heteroatoms. The summed E-state index contributed by atoms with van der Waals surface area (Å²) in [6.07, 6.45) is 1.87. The molecule has 0 aliphatic carbocycles. The Hall–Kier alpha value is -6.23. The second-order valence-corrected chi connectivity index (χ2v) is 16.9. The van der Waals surface area contributed by atoms with E-state index in [4.69, 9.17) is 16.0 Å². The van der Waals surface area contributed by atoms with Gasteiger partial charge in [0, 0.05) is 39.5 Å². The van der Waals surface area contributed by atoms with Crippen LogP contribution in [0, 0.1) is 0 Å². The van der Waals surface area contributed by atoms with Crippen molar-refractivity contribution in [3.63, 3.8) is 0 Å². The Bertz CT molecular complexity index is 2570. The minimum absolute atomic E-state index is 0.0431. The van der Waals surface area contributed by atoms with Gasteiger partial charge in [0.1, 0.15) is 11.8 Å². The van der Waals surface area contributed by atoms with Gasteiger partial charge in [0.15, 0.2) is 0 Å². The molecule has 1 heterocycles. The van der Waals surface area contributed by atoms with E-state index in [1.807, 2.05) is 12.3 Å². The number of hydrogen-bond acceptors (Lipinski definition) is 4. The van der Waals surface area contributed by atoms with Gasteiger partial charge >= 0.3 is 0 Å². The smallest absolute Gasteiger partial charge is 0.136 e.